The summed E-state index contributed by atoms with van der Waals surface area (Å²) < 4.78 is 6.73. The number of hydrogen-bond acceptors (Lipinski definition) is 3. The van der Waals surface area contributed by atoms with Gasteiger partial charge in [-0.2, -0.15) is 5.10 Å². The first-order chi connectivity index (χ1) is 7.67. The maximum Gasteiger partial charge on any atom is 0.357 e. The molecule has 0 spiro atoms. The van der Waals surface area contributed by atoms with Crippen molar-refractivity contribution < 1.29 is 14.6 Å². The lowest BCUT2D eigenvalue weighted by Crippen LogP contribution is -2.01. The maximum absolute atomic E-state index is 11.0. The Balaban J connectivity index is 2.75. The number of ether oxygens (including phenoxy) is 1. The summed E-state index contributed by atoms with van der Waals surface area (Å²) in [4.78, 5) is 11.0. The molecule has 0 aliphatic heterocycles. The highest BCUT2D eigenvalue weighted by molar-refractivity contribution is 6.01. The smallest absolute Gasteiger partial charge is 0.357 e. The van der Waals surface area contributed by atoms with Crippen molar-refractivity contribution in [3.63, 3.8) is 0 Å². The molecule has 1 N–H and O–H groups in total. The predicted octanol–water partition coefficient (Wildman–Crippen LogP) is 1.76. The van der Waals surface area contributed by atoms with E-state index in [1.807, 2.05) is 13.0 Å². The molecule has 5 nitrogen and oxygen atoms in total. The molecule has 0 fully saturated rings. The number of nitrogens with zero attached hydrogens (tertiary/aromatic N) is 2. The molecule has 2 aromatic rings. The number of aromatic nitrogens is 2. The van der Waals surface area contributed by atoms with Crippen LogP contribution in [-0.2, 0) is 6.54 Å². The van der Waals surface area contributed by atoms with E-state index in [0.29, 0.717) is 17.7 Å². The monoisotopic (exact) mass is 220 g/mol. The van der Waals surface area contributed by atoms with E-state index in [1.165, 1.54) is 0 Å². The first kappa shape index (κ1) is 10.5. The van der Waals surface area contributed by atoms with Gasteiger partial charge in [-0.1, -0.05) is 0 Å². The topological polar surface area (TPSA) is 64.4 Å². The lowest BCUT2D eigenvalue weighted by Gasteiger charge is -2.00. The normalized spacial score (nSPS) is 10.6. The highest BCUT2D eigenvalue weighted by Gasteiger charge is 2.16. The summed E-state index contributed by atoms with van der Waals surface area (Å²) in [5.41, 5.74) is 0.872. The van der Waals surface area contributed by atoms with Crippen LogP contribution in [0.2, 0.25) is 0 Å². The SMILES string of the molecule is CCn1nc(C(=O)O)c2cc(OC)ccc21. The number of carboxylic acids is 1. The van der Waals surface area contributed by atoms with Gasteiger partial charge in [-0.15, -0.1) is 0 Å². The summed E-state index contributed by atoms with van der Waals surface area (Å²) in [5.74, 6) is -0.392. The van der Waals surface area contributed by atoms with Crippen LogP contribution in [0.15, 0.2) is 18.2 Å². The van der Waals surface area contributed by atoms with Crippen LogP contribution in [-0.4, -0.2) is 28.0 Å². The molecule has 0 amide bonds. The molecule has 0 saturated carbocycles. The van der Waals surface area contributed by atoms with E-state index in [1.54, 1.807) is 23.9 Å². The van der Waals surface area contributed by atoms with E-state index in [4.69, 9.17) is 9.84 Å². The Hall–Kier alpha value is -2.04. The van der Waals surface area contributed by atoms with Crippen molar-refractivity contribution in [3.8, 4) is 5.75 Å². The Morgan fingerprint density at radius 2 is 2.31 bits per heavy atom. The van der Waals surface area contributed by atoms with Crippen LogP contribution < -0.4 is 4.74 Å². The minimum absolute atomic E-state index is 0.0655. The lowest BCUT2D eigenvalue weighted by atomic mass is 10.2. The highest BCUT2D eigenvalue weighted by atomic mass is 16.5. The average molecular weight is 220 g/mol. The zero-order valence-corrected chi connectivity index (χ0v) is 9.10. The second kappa shape index (κ2) is 3.84. The highest BCUT2D eigenvalue weighted by Crippen LogP contribution is 2.23. The molecule has 0 radical (unpaired) electrons. The Kier molecular flexibility index (Phi) is 2.52. The zero-order valence-electron chi connectivity index (χ0n) is 9.10. The van der Waals surface area contributed by atoms with E-state index in [9.17, 15) is 4.79 Å². The number of carboxylic acid groups (broad SMARTS) is 1. The van der Waals surface area contributed by atoms with Crippen LogP contribution >= 0.6 is 0 Å². The fourth-order valence-electron chi connectivity index (χ4n) is 1.68. The minimum Gasteiger partial charge on any atom is -0.497 e. The van der Waals surface area contributed by atoms with Crippen molar-refractivity contribution in [1.29, 1.82) is 0 Å². The molecule has 0 unspecified atom stereocenters. The second-order valence-corrected chi connectivity index (χ2v) is 3.35. The van der Waals surface area contributed by atoms with Crippen molar-refractivity contribution in [2.24, 2.45) is 0 Å². The molecule has 1 aromatic heterocycles. The number of aryl methyl sites for hydroxylation is 1. The van der Waals surface area contributed by atoms with Crippen LogP contribution in [0.5, 0.6) is 5.75 Å². The van der Waals surface area contributed by atoms with Gasteiger partial charge in [0.05, 0.1) is 12.6 Å². The number of rotatable bonds is 3. The summed E-state index contributed by atoms with van der Waals surface area (Å²) in [7, 11) is 1.55. The minimum atomic E-state index is -1.02. The number of carbonyl (C=O) groups is 1. The standard InChI is InChI=1S/C11H12N2O3/c1-3-13-9-5-4-7(16-2)6-8(9)10(12-13)11(14)15/h4-6H,3H2,1-2H3,(H,14,15). The molecule has 1 heterocycles. The van der Waals surface area contributed by atoms with Gasteiger partial charge in [-0.25, -0.2) is 4.79 Å². The van der Waals surface area contributed by atoms with E-state index in [-0.39, 0.29) is 5.69 Å². The zero-order chi connectivity index (χ0) is 11.7. The van der Waals surface area contributed by atoms with E-state index in [0.717, 1.165) is 5.52 Å². The van der Waals surface area contributed by atoms with Gasteiger partial charge >= 0.3 is 5.97 Å². The van der Waals surface area contributed by atoms with Gasteiger partial charge in [-0.05, 0) is 25.1 Å². The van der Waals surface area contributed by atoms with Gasteiger partial charge in [0.15, 0.2) is 5.69 Å². The molecule has 0 atom stereocenters. The first-order valence-electron chi connectivity index (χ1n) is 4.95. The third-order valence-corrected chi connectivity index (χ3v) is 2.46. The summed E-state index contributed by atoms with van der Waals surface area (Å²) in [6, 6.07) is 5.30. The molecule has 0 aliphatic rings. The third-order valence-electron chi connectivity index (χ3n) is 2.46. The van der Waals surface area contributed by atoms with Crippen molar-refractivity contribution in [1.82, 2.24) is 9.78 Å². The first-order valence-corrected chi connectivity index (χ1v) is 4.95. The number of methoxy groups -OCH3 is 1. The Bertz CT molecular complexity index is 545. The van der Waals surface area contributed by atoms with Crippen molar-refractivity contribution in [3.05, 3.63) is 23.9 Å². The van der Waals surface area contributed by atoms with Crippen molar-refractivity contribution in [2.75, 3.05) is 7.11 Å². The Morgan fingerprint density at radius 3 is 2.88 bits per heavy atom. The molecule has 84 valence electrons. The van der Waals surface area contributed by atoms with Crippen LogP contribution in [0, 0.1) is 0 Å². The predicted molar refractivity (Wildman–Crippen MR) is 58.9 cm³/mol. The number of hydrogen-bond donors (Lipinski definition) is 1. The fourth-order valence-corrected chi connectivity index (χ4v) is 1.68. The number of benzene rings is 1. The lowest BCUT2D eigenvalue weighted by molar-refractivity contribution is 0.0691. The van der Waals surface area contributed by atoms with Crippen LogP contribution in [0.4, 0.5) is 0 Å². The van der Waals surface area contributed by atoms with Gasteiger partial charge in [0.1, 0.15) is 5.75 Å². The summed E-state index contributed by atoms with van der Waals surface area (Å²) in [6.07, 6.45) is 0. The fraction of sp³-hybridized carbons (Fsp3) is 0.273. The molecular weight excluding hydrogens is 208 g/mol. The van der Waals surface area contributed by atoms with Gasteiger partial charge in [0, 0.05) is 11.9 Å². The van der Waals surface area contributed by atoms with Crippen molar-refractivity contribution >= 4 is 16.9 Å². The van der Waals surface area contributed by atoms with Gasteiger partial charge in [0.2, 0.25) is 0 Å². The molecule has 2 rings (SSSR count). The quantitative estimate of drug-likeness (QED) is 0.856. The largest absolute Gasteiger partial charge is 0.497 e. The van der Waals surface area contributed by atoms with Crippen molar-refractivity contribution in [2.45, 2.75) is 13.5 Å². The summed E-state index contributed by atoms with van der Waals surface area (Å²) >= 11 is 0. The van der Waals surface area contributed by atoms with E-state index in [2.05, 4.69) is 5.10 Å². The molecule has 1 aromatic carbocycles. The second-order valence-electron chi connectivity index (χ2n) is 3.35. The van der Waals surface area contributed by atoms with Gasteiger partial charge in [-0.3, -0.25) is 4.68 Å². The van der Waals surface area contributed by atoms with Crippen LogP contribution in [0.25, 0.3) is 10.9 Å². The maximum atomic E-state index is 11.0. The molecule has 0 saturated heterocycles. The molecule has 0 bridgehead atoms. The van der Waals surface area contributed by atoms with Crippen LogP contribution in [0.3, 0.4) is 0 Å². The van der Waals surface area contributed by atoms with E-state index >= 15 is 0 Å². The summed E-state index contributed by atoms with van der Waals surface area (Å²) in [5, 5.41) is 13.7. The number of aromatic carboxylic acids is 1. The molecule has 5 heteroatoms. The van der Waals surface area contributed by atoms with Gasteiger partial charge in [0.25, 0.3) is 0 Å². The number of fused-ring (bicyclic) bond motifs is 1. The van der Waals surface area contributed by atoms with Crippen LogP contribution in [0.1, 0.15) is 17.4 Å². The molecule has 0 aliphatic carbocycles. The third kappa shape index (κ3) is 1.50. The molecule has 16 heavy (non-hydrogen) atoms. The van der Waals surface area contributed by atoms with E-state index < -0.39 is 5.97 Å². The Labute approximate surface area is 92.2 Å². The summed E-state index contributed by atoms with van der Waals surface area (Å²) in [6.45, 7) is 2.55. The van der Waals surface area contributed by atoms with Gasteiger partial charge < -0.3 is 9.84 Å². The Morgan fingerprint density at radius 1 is 1.56 bits per heavy atom. The molecular formula is C11H12N2O3. The average Bonchev–Trinajstić information content (AvgIpc) is 2.66.